The first kappa shape index (κ1) is 16.6. The van der Waals surface area contributed by atoms with Gasteiger partial charge in [0.1, 0.15) is 10.8 Å². The van der Waals surface area contributed by atoms with E-state index in [2.05, 4.69) is 5.32 Å². The summed E-state index contributed by atoms with van der Waals surface area (Å²) in [7, 11) is 0. The Morgan fingerprint density at radius 1 is 0.962 bits per heavy atom. The molecule has 0 saturated carbocycles. The molecule has 3 nitrogen and oxygen atoms in total. The number of halogens is 1. The van der Waals surface area contributed by atoms with Crippen molar-refractivity contribution in [3.8, 4) is 10.4 Å². The summed E-state index contributed by atoms with van der Waals surface area (Å²) in [5.41, 5.74) is 0.701. The van der Waals surface area contributed by atoms with Crippen molar-refractivity contribution in [2.75, 3.05) is 5.32 Å². The molecule has 1 N–H and O–H groups in total. The molecule has 2 heterocycles. The minimum absolute atomic E-state index is 0.115. The number of benzene rings is 2. The Morgan fingerprint density at radius 3 is 2.46 bits per heavy atom. The molecule has 0 aliphatic heterocycles. The van der Waals surface area contributed by atoms with Crippen molar-refractivity contribution < 1.29 is 9.18 Å². The summed E-state index contributed by atoms with van der Waals surface area (Å²) in [6.07, 6.45) is 0. The average molecular weight is 381 g/mol. The van der Waals surface area contributed by atoms with E-state index in [1.54, 1.807) is 6.07 Å². The first-order valence-corrected chi connectivity index (χ1v) is 9.50. The zero-order chi connectivity index (χ0) is 18.1. The Balaban J connectivity index is 1.85. The van der Waals surface area contributed by atoms with Crippen LogP contribution in [0.4, 0.5) is 9.39 Å². The van der Waals surface area contributed by atoms with E-state index in [-0.39, 0.29) is 11.3 Å². The first-order valence-electron chi connectivity index (χ1n) is 7.80. The van der Waals surface area contributed by atoms with E-state index in [0.717, 1.165) is 9.58 Å². The SMILES string of the molecule is O=C(Nc1sc2ccccc2c(=O)c1-c1cccs1)c1ccc(F)cc1. The van der Waals surface area contributed by atoms with Gasteiger partial charge in [0.15, 0.2) is 5.43 Å². The van der Waals surface area contributed by atoms with Gasteiger partial charge in [-0.05, 0) is 47.8 Å². The normalized spacial score (nSPS) is 10.8. The molecule has 0 bridgehead atoms. The summed E-state index contributed by atoms with van der Waals surface area (Å²) in [4.78, 5) is 26.4. The van der Waals surface area contributed by atoms with Crippen molar-refractivity contribution in [2.45, 2.75) is 0 Å². The smallest absolute Gasteiger partial charge is 0.256 e. The predicted octanol–water partition coefficient (Wildman–Crippen LogP) is 5.38. The van der Waals surface area contributed by atoms with Crippen molar-refractivity contribution in [3.05, 3.63) is 87.6 Å². The molecule has 4 rings (SSSR count). The minimum atomic E-state index is -0.406. The van der Waals surface area contributed by atoms with Crippen LogP contribution < -0.4 is 10.7 Å². The van der Waals surface area contributed by atoms with Gasteiger partial charge in [-0.1, -0.05) is 18.2 Å². The van der Waals surface area contributed by atoms with Crippen LogP contribution >= 0.6 is 22.7 Å². The molecule has 0 atom stereocenters. The second-order valence-corrected chi connectivity index (χ2v) is 7.57. The van der Waals surface area contributed by atoms with Gasteiger partial charge in [0, 0.05) is 20.5 Å². The van der Waals surface area contributed by atoms with Crippen LogP contribution in [0.1, 0.15) is 10.4 Å². The Bertz CT molecular complexity index is 1150. The van der Waals surface area contributed by atoms with Gasteiger partial charge in [-0.15, -0.1) is 22.7 Å². The van der Waals surface area contributed by atoms with Crippen molar-refractivity contribution in [1.29, 1.82) is 0 Å². The second kappa shape index (κ2) is 6.82. The van der Waals surface area contributed by atoms with Crippen LogP contribution in [0, 0.1) is 5.82 Å². The van der Waals surface area contributed by atoms with E-state index < -0.39 is 5.82 Å². The molecule has 6 heteroatoms. The lowest BCUT2D eigenvalue weighted by Crippen LogP contribution is -2.15. The molecule has 4 aromatic rings. The van der Waals surface area contributed by atoms with Crippen molar-refractivity contribution in [1.82, 2.24) is 0 Å². The topological polar surface area (TPSA) is 46.2 Å². The summed E-state index contributed by atoms with van der Waals surface area (Å²) < 4.78 is 13.9. The largest absolute Gasteiger partial charge is 0.313 e. The number of amides is 1. The Kier molecular flexibility index (Phi) is 4.36. The van der Waals surface area contributed by atoms with Crippen LogP contribution in [0.15, 0.2) is 70.8 Å². The van der Waals surface area contributed by atoms with Gasteiger partial charge in [0.25, 0.3) is 5.91 Å². The third kappa shape index (κ3) is 3.05. The molecule has 0 saturated heterocycles. The molecule has 2 aromatic carbocycles. The van der Waals surface area contributed by atoms with Crippen LogP contribution in [-0.4, -0.2) is 5.91 Å². The number of fused-ring (bicyclic) bond motifs is 1. The molecule has 0 unspecified atom stereocenters. The molecule has 0 aliphatic rings. The molecule has 26 heavy (non-hydrogen) atoms. The van der Waals surface area contributed by atoms with Crippen molar-refractivity contribution in [2.24, 2.45) is 0 Å². The van der Waals surface area contributed by atoms with Crippen LogP contribution in [0.3, 0.4) is 0 Å². The highest BCUT2D eigenvalue weighted by Crippen LogP contribution is 2.35. The summed E-state index contributed by atoms with van der Waals surface area (Å²) in [5, 5.41) is 5.84. The number of hydrogen-bond donors (Lipinski definition) is 1. The summed E-state index contributed by atoms with van der Waals surface area (Å²) in [6.45, 7) is 0. The number of rotatable bonds is 3. The summed E-state index contributed by atoms with van der Waals surface area (Å²) in [5.74, 6) is -0.787. The predicted molar refractivity (Wildman–Crippen MR) is 106 cm³/mol. The fourth-order valence-electron chi connectivity index (χ4n) is 2.65. The highest BCUT2D eigenvalue weighted by atomic mass is 32.1. The number of anilines is 1. The van der Waals surface area contributed by atoms with Gasteiger partial charge in [0.2, 0.25) is 0 Å². The fourth-order valence-corrected chi connectivity index (χ4v) is 4.57. The van der Waals surface area contributed by atoms with Gasteiger partial charge in [-0.2, -0.15) is 0 Å². The highest BCUT2D eigenvalue weighted by Gasteiger charge is 2.17. The van der Waals surface area contributed by atoms with E-state index >= 15 is 0 Å². The van der Waals surface area contributed by atoms with Crippen LogP contribution in [-0.2, 0) is 0 Å². The lowest BCUT2D eigenvalue weighted by atomic mass is 10.1. The van der Waals surface area contributed by atoms with Gasteiger partial charge in [-0.3, -0.25) is 9.59 Å². The molecular formula is C20H12FNO2S2. The van der Waals surface area contributed by atoms with E-state index in [4.69, 9.17) is 0 Å². The van der Waals surface area contributed by atoms with Crippen LogP contribution in [0.25, 0.3) is 20.5 Å². The lowest BCUT2D eigenvalue weighted by Gasteiger charge is -2.10. The molecular weight excluding hydrogens is 369 g/mol. The number of carbonyl (C=O) groups excluding carboxylic acids is 1. The number of nitrogens with one attached hydrogen (secondary N) is 1. The Labute approximate surface area is 156 Å². The third-order valence-electron chi connectivity index (χ3n) is 3.90. The Hall–Kier alpha value is -2.83. The maximum absolute atomic E-state index is 13.1. The zero-order valence-electron chi connectivity index (χ0n) is 13.4. The highest BCUT2D eigenvalue weighted by molar-refractivity contribution is 7.23. The van der Waals surface area contributed by atoms with Crippen LogP contribution in [0.2, 0.25) is 0 Å². The van der Waals surface area contributed by atoms with Gasteiger partial charge < -0.3 is 5.32 Å². The molecule has 0 spiro atoms. The van der Waals surface area contributed by atoms with E-state index in [9.17, 15) is 14.0 Å². The third-order valence-corrected chi connectivity index (χ3v) is 5.87. The molecule has 0 aliphatic carbocycles. The van der Waals surface area contributed by atoms with E-state index in [1.807, 2.05) is 35.7 Å². The summed E-state index contributed by atoms with van der Waals surface area (Å²) in [6, 6.07) is 16.3. The monoisotopic (exact) mass is 381 g/mol. The standard InChI is InChI=1S/C20H12FNO2S2/c21-13-9-7-12(8-10-13)19(24)22-20-17(16-6-3-11-25-16)18(23)14-4-1-2-5-15(14)26-20/h1-11H,(H,22,24). The van der Waals surface area contributed by atoms with Crippen molar-refractivity contribution >= 4 is 43.7 Å². The molecule has 2 aromatic heterocycles. The second-order valence-electron chi connectivity index (χ2n) is 5.57. The number of thiophene rings is 1. The lowest BCUT2D eigenvalue weighted by molar-refractivity contribution is 0.102. The van der Waals surface area contributed by atoms with Gasteiger partial charge in [0.05, 0.1) is 5.56 Å². The van der Waals surface area contributed by atoms with Crippen LogP contribution in [0.5, 0.6) is 0 Å². The molecule has 0 fully saturated rings. The maximum Gasteiger partial charge on any atom is 0.256 e. The zero-order valence-corrected chi connectivity index (χ0v) is 15.0. The minimum Gasteiger partial charge on any atom is -0.313 e. The first-order chi connectivity index (χ1) is 12.6. The maximum atomic E-state index is 13.1. The molecule has 0 radical (unpaired) electrons. The Morgan fingerprint density at radius 2 is 1.73 bits per heavy atom. The van der Waals surface area contributed by atoms with Crippen molar-refractivity contribution in [3.63, 3.8) is 0 Å². The molecule has 1 amide bonds. The molecule has 128 valence electrons. The van der Waals surface area contributed by atoms with Gasteiger partial charge >= 0.3 is 0 Å². The quantitative estimate of drug-likeness (QED) is 0.518. The number of carbonyl (C=O) groups is 1. The van der Waals surface area contributed by atoms with Gasteiger partial charge in [-0.25, -0.2) is 4.39 Å². The van der Waals surface area contributed by atoms with E-state index in [0.29, 0.717) is 21.5 Å². The fraction of sp³-hybridized carbons (Fsp3) is 0. The van der Waals surface area contributed by atoms with E-state index in [1.165, 1.54) is 46.9 Å². The number of hydrogen-bond acceptors (Lipinski definition) is 4. The summed E-state index contributed by atoms with van der Waals surface area (Å²) >= 11 is 2.80. The average Bonchev–Trinajstić information content (AvgIpc) is 3.16.